The van der Waals surface area contributed by atoms with Gasteiger partial charge in [-0.15, -0.1) is 0 Å². The van der Waals surface area contributed by atoms with Crippen LogP contribution in [0.15, 0.2) is 41.7 Å². The summed E-state index contributed by atoms with van der Waals surface area (Å²) in [6.07, 6.45) is 7.50. The number of benzene rings is 1. The van der Waals surface area contributed by atoms with E-state index in [2.05, 4.69) is 15.3 Å². The minimum absolute atomic E-state index is 0.0487. The van der Waals surface area contributed by atoms with Crippen molar-refractivity contribution in [2.75, 3.05) is 11.6 Å². The van der Waals surface area contributed by atoms with Gasteiger partial charge in [0.25, 0.3) is 0 Å². The van der Waals surface area contributed by atoms with Crippen molar-refractivity contribution in [1.29, 1.82) is 0 Å². The first-order valence-electron chi connectivity index (χ1n) is 8.99. The molecule has 2 N–H and O–H groups in total. The SMILES string of the molecule is CS(=O)(=O)c1ccc(C(CC(=O)Nc2cnccn2)C2CCCC2O)cc1Cl. The molecule has 3 atom stereocenters. The molecule has 0 radical (unpaired) electrons. The van der Waals surface area contributed by atoms with E-state index >= 15 is 0 Å². The van der Waals surface area contributed by atoms with Crippen LogP contribution in [0.1, 0.15) is 37.2 Å². The number of hydrogen-bond donors (Lipinski definition) is 2. The summed E-state index contributed by atoms with van der Waals surface area (Å²) in [5.41, 5.74) is 0.734. The zero-order valence-corrected chi connectivity index (χ0v) is 16.9. The van der Waals surface area contributed by atoms with Gasteiger partial charge in [-0.2, -0.15) is 0 Å². The summed E-state index contributed by atoms with van der Waals surface area (Å²) in [7, 11) is -3.45. The molecule has 1 aromatic heterocycles. The van der Waals surface area contributed by atoms with Gasteiger partial charge in [0, 0.05) is 25.1 Å². The molecule has 1 heterocycles. The first kappa shape index (κ1) is 20.7. The van der Waals surface area contributed by atoms with Gasteiger partial charge in [0.15, 0.2) is 15.7 Å². The fourth-order valence-corrected chi connectivity index (χ4v) is 5.10. The predicted octanol–water partition coefficient (Wildman–Crippen LogP) is 2.81. The molecule has 0 aliphatic heterocycles. The van der Waals surface area contributed by atoms with Crippen LogP contribution in [0, 0.1) is 5.92 Å². The standard InChI is InChI=1S/C19H22ClN3O4S/c1-28(26,27)17-6-5-12(9-15(17)20)14(13-3-2-4-16(13)24)10-19(25)23-18-11-21-7-8-22-18/h5-9,11,13-14,16,24H,2-4,10H2,1H3,(H,22,23,25). The van der Waals surface area contributed by atoms with E-state index in [1.807, 2.05) is 0 Å². The number of nitrogens with zero attached hydrogens (tertiary/aromatic N) is 2. The van der Waals surface area contributed by atoms with E-state index in [0.29, 0.717) is 12.2 Å². The Hall–Kier alpha value is -2.03. The first-order valence-corrected chi connectivity index (χ1v) is 11.3. The second-order valence-electron chi connectivity index (χ2n) is 7.07. The van der Waals surface area contributed by atoms with Gasteiger partial charge in [-0.1, -0.05) is 24.1 Å². The van der Waals surface area contributed by atoms with E-state index in [4.69, 9.17) is 11.6 Å². The minimum Gasteiger partial charge on any atom is -0.393 e. The van der Waals surface area contributed by atoms with Crippen molar-refractivity contribution in [2.24, 2.45) is 5.92 Å². The van der Waals surface area contributed by atoms with Crippen LogP contribution in [0.3, 0.4) is 0 Å². The molecule has 150 valence electrons. The number of anilines is 1. The Bertz CT molecular complexity index is 953. The van der Waals surface area contributed by atoms with Gasteiger partial charge in [0.1, 0.15) is 0 Å². The van der Waals surface area contributed by atoms with E-state index in [1.165, 1.54) is 24.7 Å². The van der Waals surface area contributed by atoms with Gasteiger partial charge < -0.3 is 10.4 Å². The third kappa shape index (κ3) is 4.87. The molecule has 7 nitrogen and oxygen atoms in total. The van der Waals surface area contributed by atoms with Crippen LogP contribution >= 0.6 is 11.6 Å². The third-order valence-corrected chi connectivity index (χ3v) is 6.65. The number of aromatic nitrogens is 2. The zero-order chi connectivity index (χ0) is 20.3. The van der Waals surface area contributed by atoms with Crippen LogP contribution in [0.25, 0.3) is 0 Å². The summed E-state index contributed by atoms with van der Waals surface area (Å²) in [5, 5.41) is 13.2. The fraction of sp³-hybridized carbons (Fsp3) is 0.421. The second kappa shape index (κ2) is 8.55. The fourth-order valence-electron chi connectivity index (χ4n) is 3.76. The molecule has 0 bridgehead atoms. The zero-order valence-electron chi connectivity index (χ0n) is 15.4. The van der Waals surface area contributed by atoms with Crippen molar-refractivity contribution in [3.8, 4) is 0 Å². The Morgan fingerprint density at radius 3 is 2.71 bits per heavy atom. The van der Waals surface area contributed by atoms with Crippen molar-refractivity contribution in [2.45, 2.75) is 42.6 Å². The second-order valence-corrected chi connectivity index (χ2v) is 9.46. The summed E-state index contributed by atoms with van der Waals surface area (Å²) in [5.74, 6) is -0.301. The van der Waals surface area contributed by atoms with Gasteiger partial charge >= 0.3 is 0 Å². The van der Waals surface area contributed by atoms with Gasteiger partial charge in [0.2, 0.25) is 5.91 Å². The predicted molar refractivity (Wildman–Crippen MR) is 106 cm³/mol. The van der Waals surface area contributed by atoms with Crippen LogP contribution in [-0.2, 0) is 14.6 Å². The van der Waals surface area contributed by atoms with Gasteiger partial charge in [0.05, 0.1) is 22.2 Å². The molecule has 1 aliphatic carbocycles. The average Bonchev–Trinajstić information content (AvgIpc) is 3.05. The van der Waals surface area contributed by atoms with Crippen molar-refractivity contribution < 1.29 is 18.3 Å². The molecule has 1 aliphatic rings. The van der Waals surface area contributed by atoms with Gasteiger partial charge in [-0.3, -0.25) is 9.78 Å². The Kier molecular flexibility index (Phi) is 6.32. The summed E-state index contributed by atoms with van der Waals surface area (Å²) >= 11 is 6.21. The maximum Gasteiger partial charge on any atom is 0.226 e. The molecule has 3 rings (SSSR count). The Morgan fingerprint density at radius 2 is 2.14 bits per heavy atom. The van der Waals surface area contributed by atoms with Crippen molar-refractivity contribution >= 4 is 33.2 Å². The normalized spacial score (nSPS) is 20.7. The highest BCUT2D eigenvalue weighted by molar-refractivity contribution is 7.90. The molecular weight excluding hydrogens is 402 g/mol. The Balaban J connectivity index is 1.87. The van der Waals surface area contributed by atoms with E-state index in [9.17, 15) is 18.3 Å². The minimum atomic E-state index is -3.45. The average molecular weight is 424 g/mol. The molecule has 0 saturated heterocycles. The number of amides is 1. The van der Waals surface area contributed by atoms with E-state index in [-0.39, 0.29) is 34.1 Å². The first-order chi connectivity index (χ1) is 13.3. The third-order valence-electron chi connectivity index (χ3n) is 5.07. The molecule has 2 aromatic rings. The molecule has 28 heavy (non-hydrogen) atoms. The smallest absolute Gasteiger partial charge is 0.226 e. The lowest BCUT2D eigenvalue weighted by molar-refractivity contribution is -0.117. The molecule has 1 aromatic carbocycles. The van der Waals surface area contributed by atoms with Crippen molar-refractivity contribution in [1.82, 2.24) is 9.97 Å². The molecule has 1 fully saturated rings. The van der Waals surface area contributed by atoms with Crippen LogP contribution < -0.4 is 5.32 Å². The Morgan fingerprint density at radius 1 is 1.36 bits per heavy atom. The van der Waals surface area contributed by atoms with Gasteiger partial charge in [-0.25, -0.2) is 13.4 Å². The monoisotopic (exact) mass is 423 g/mol. The highest BCUT2D eigenvalue weighted by Gasteiger charge is 2.35. The van der Waals surface area contributed by atoms with Crippen LogP contribution in [0.2, 0.25) is 5.02 Å². The molecule has 9 heteroatoms. The highest BCUT2D eigenvalue weighted by atomic mass is 35.5. The van der Waals surface area contributed by atoms with Crippen LogP contribution in [0.4, 0.5) is 5.82 Å². The van der Waals surface area contributed by atoms with E-state index in [0.717, 1.165) is 24.7 Å². The van der Waals surface area contributed by atoms with Crippen molar-refractivity contribution in [3.63, 3.8) is 0 Å². The largest absolute Gasteiger partial charge is 0.393 e. The Labute approximate surface area is 169 Å². The highest BCUT2D eigenvalue weighted by Crippen LogP contribution is 2.41. The summed E-state index contributed by atoms with van der Waals surface area (Å²) in [4.78, 5) is 20.6. The molecule has 1 saturated carbocycles. The van der Waals surface area contributed by atoms with Crippen LogP contribution in [-0.4, -0.2) is 41.8 Å². The number of hydrogen-bond acceptors (Lipinski definition) is 6. The van der Waals surface area contributed by atoms with Gasteiger partial charge in [-0.05, 0) is 42.4 Å². The number of sulfone groups is 1. The lowest BCUT2D eigenvalue weighted by atomic mass is 9.81. The molecule has 3 unspecified atom stereocenters. The lowest BCUT2D eigenvalue weighted by Gasteiger charge is -2.26. The number of aliphatic hydroxyl groups excluding tert-OH is 1. The summed E-state index contributed by atoms with van der Waals surface area (Å²) in [6.45, 7) is 0. The maximum absolute atomic E-state index is 12.6. The number of halogens is 1. The number of carbonyl (C=O) groups excluding carboxylic acids is 1. The number of nitrogens with one attached hydrogen (secondary N) is 1. The topological polar surface area (TPSA) is 109 Å². The summed E-state index contributed by atoms with van der Waals surface area (Å²) < 4.78 is 23.6. The lowest BCUT2D eigenvalue weighted by Crippen LogP contribution is -2.26. The summed E-state index contributed by atoms with van der Waals surface area (Å²) in [6, 6.07) is 4.72. The quantitative estimate of drug-likeness (QED) is 0.739. The van der Waals surface area contributed by atoms with E-state index in [1.54, 1.807) is 12.1 Å². The van der Waals surface area contributed by atoms with Crippen molar-refractivity contribution in [3.05, 3.63) is 47.4 Å². The number of aliphatic hydroxyl groups is 1. The molecule has 1 amide bonds. The molecule has 0 spiro atoms. The number of carbonyl (C=O) groups is 1. The maximum atomic E-state index is 12.6. The molecular formula is C19H22ClN3O4S. The van der Waals surface area contributed by atoms with Crippen LogP contribution in [0.5, 0.6) is 0 Å². The number of rotatable bonds is 6. The van der Waals surface area contributed by atoms with E-state index < -0.39 is 15.9 Å².